The highest BCUT2D eigenvalue weighted by Crippen LogP contribution is 2.48. The number of fused-ring (bicyclic) bond motifs is 2. The van der Waals surface area contributed by atoms with Gasteiger partial charge in [-0.25, -0.2) is 8.78 Å². The molecule has 2 unspecified atom stereocenters. The van der Waals surface area contributed by atoms with Crippen molar-refractivity contribution in [2.24, 2.45) is 17.8 Å². The van der Waals surface area contributed by atoms with Gasteiger partial charge >= 0.3 is 0 Å². The Morgan fingerprint density at radius 2 is 1.72 bits per heavy atom. The summed E-state index contributed by atoms with van der Waals surface area (Å²) in [5.41, 5.74) is 0.772. The van der Waals surface area contributed by atoms with Gasteiger partial charge in [-0.05, 0) is 78.9 Å². The highest BCUT2D eigenvalue weighted by molar-refractivity contribution is 5.85. The fourth-order valence-electron chi connectivity index (χ4n) is 5.18. The smallest absolute Gasteiger partial charge is 0.165 e. The summed E-state index contributed by atoms with van der Waals surface area (Å²) in [5, 5.41) is 1.06. The first-order valence-corrected chi connectivity index (χ1v) is 9.52. The van der Waals surface area contributed by atoms with Crippen LogP contribution in [-0.4, -0.2) is 7.11 Å². The van der Waals surface area contributed by atoms with Crippen LogP contribution in [0, 0.1) is 29.4 Å². The average Bonchev–Trinajstić information content (AvgIpc) is 2.62. The van der Waals surface area contributed by atoms with Gasteiger partial charge in [-0.3, -0.25) is 0 Å². The van der Waals surface area contributed by atoms with Crippen LogP contribution in [0.1, 0.15) is 56.9 Å². The van der Waals surface area contributed by atoms with Gasteiger partial charge in [0.15, 0.2) is 11.6 Å². The number of benzene rings is 2. The van der Waals surface area contributed by atoms with Crippen LogP contribution in [0.25, 0.3) is 10.8 Å². The van der Waals surface area contributed by atoms with Gasteiger partial charge in [-0.2, -0.15) is 0 Å². The summed E-state index contributed by atoms with van der Waals surface area (Å²) in [5.74, 6) is 2.08. The Kier molecular flexibility index (Phi) is 4.43. The first-order chi connectivity index (χ1) is 12.1. The van der Waals surface area contributed by atoms with E-state index in [0.717, 1.165) is 36.2 Å². The second-order valence-corrected chi connectivity index (χ2v) is 8.13. The second-order valence-electron chi connectivity index (χ2n) is 8.13. The minimum Gasteiger partial charge on any atom is -0.494 e. The van der Waals surface area contributed by atoms with E-state index in [1.807, 2.05) is 12.1 Å². The molecular formula is C22H26F2O. The lowest BCUT2D eigenvalue weighted by molar-refractivity contribution is 0.124. The number of methoxy groups -OCH3 is 1. The lowest BCUT2D eigenvalue weighted by atomic mass is 9.64. The molecule has 25 heavy (non-hydrogen) atoms. The molecule has 0 aliphatic heterocycles. The molecule has 0 radical (unpaired) electrons. The Bertz CT molecular complexity index is 785. The number of ether oxygens (including phenoxy) is 1. The quantitative estimate of drug-likeness (QED) is 0.608. The maximum Gasteiger partial charge on any atom is 0.165 e. The molecule has 134 valence electrons. The topological polar surface area (TPSA) is 9.23 Å². The monoisotopic (exact) mass is 344 g/mol. The number of hydrogen-bond acceptors (Lipinski definition) is 1. The third-order valence-electron chi connectivity index (χ3n) is 6.57. The molecule has 4 rings (SSSR count). The molecule has 0 spiro atoms. The molecule has 2 fully saturated rings. The zero-order chi connectivity index (χ0) is 17.6. The summed E-state index contributed by atoms with van der Waals surface area (Å²) >= 11 is 0. The van der Waals surface area contributed by atoms with Crippen LogP contribution in [0.5, 0.6) is 5.75 Å². The molecule has 4 atom stereocenters. The second kappa shape index (κ2) is 6.59. The minimum absolute atomic E-state index is 0.163. The SMILES string of the molecule is COc1cc2ccc([C@@H]3CC[C@@H]4CC(C)CCC4C3)c(F)c2cc1F. The third kappa shape index (κ3) is 3.02. The van der Waals surface area contributed by atoms with Gasteiger partial charge < -0.3 is 4.74 Å². The van der Waals surface area contributed by atoms with Gasteiger partial charge in [-0.15, -0.1) is 0 Å². The zero-order valence-electron chi connectivity index (χ0n) is 15.0. The normalized spacial score (nSPS) is 29.4. The van der Waals surface area contributed by atoms with Crippen LogP contribution < -0.4 is 4.74 Å². The van der Waals surface area contributed by atoms with Crippen molar-refractivity contribution in [3.63, 3.8) is 0 Å². The van der Waals surface area contributed by atoms with Crippen molar-refractivity contribution >= 4 is 10.8 Å². The van der Waals surface area contributed by atoms with Gasteiger partial charge in [0.2, 0.25) is 0 Å². The fourth-order valence-corrected chi connectivity index (χ4v) is 5.18. The number of hydrogen-bond donors (Lipinski definition) is 0. The van der Waals surface area contributed by atoms with E-state index in [1.54, 1.807) is 6.07 Å². The molecule has 2 saturated carbocycles. The summed E-state index contributed by atoms with van der Waals surface area (Å²) in [6.07, 6.45) is 7.26. The Morgan fingerprint density at radius 3 is 2.52 bits per heavy atom. The lowest BCUT2D eigenvalue weighted by Crippen LogP contribution is -2.29. The Balaban J connectivity index is 1.64. The predicted molar refractivity (Wildman–Crippen MR) is 97.0 cm³/mol. The first-order valence-electron chi connectivity index (χ1n) is 9.52. The molecule has 0 N–H and O–H groups in total. The van der Waals surface area contributed by atoms with Gasteiger partial charge in [0.1, 0.15) is 5.82 Å². The molecule has 2 aromatic rings. The number of halogens is 2. The van der Waals surface area contributed by atoms with Gasteiger partial charge in [0.25, 0.3) is 0 Å². The van der Waals surface area contributed by atoms with Crippen molar-refractivity contribution in [3.05, 3.63) is 41.5 Å². The molecule has 3 heteroatoms. The van der Waals surface area contributed by atoms with E-state index in [4.69, 9.17) is 4.74 Å². The molecule has 2 aliphatic rings. The van der Waals surface area contributed by atoms with E-state index in [1.165, 1.54) is 38.9 Å². The van der Waals surface area contributed by atoms with E-state index >= 15 is 4.39 Å². The van der Waals surface area contributed by atoms with Crippen LogP contribution in [0.15, 0.2) is 24.3 Å². The summed E-state index contributed by atoms with van der Waals surface area (Å²) in [7, 11) is 1.43. The van der Waals surface area contributed by atoms with E-state index in [-0.39, 0.29) is 17.5 Å². The molecule has 2 aliphatic carbocycles. The highest BCUT2D eigenvalue weighted by Gasteiger charge is 2.35. The summed E-state index contributed by atoms with van der Waals surface area (Å²) in [4.78, 5) is 0. The first kappa shape index (κ1) is 16.8. The third-order valence-corrected chi connectivity index (χ3v) is 6.57. The van der Waals surface area contributed by atoms with Crippen LogP contribution in [0.4, 0.5) is 8.78 Å². The van der Waals surface area contributed by atoms with Crippen molar-refractivity contribution in [1.29, 1.82) is 0 Å². The van der Waals surface area contributed by atoms with Gasteiger partial charge in [-0.1, -0.05) is 25.5 Å². The van der Waals surface area contributed by atoms with Crippen molar-refractivity contribution in [1.82, 2.24) is 0 Å². The molecular weight excluding hydrogens is 318 g/mol. The van der Waals surface area contributed by atoms with Crippen molar-refractivity contribution < 1.29 is 13.5 Å². The van der Waals surface area contributed by atoms with Gasteiger partial charge in [0, 0.05) is 5.39 Å². The molecule has 0 aromatic heterocycles. The van der Waals surface area contributed by atoms with Crippen molar-refractivity contribution in [2.75, 3.05) is 7.11 Å². The standard InChI is InChI=1S/C22H26F2O/c1-13-3-4-15-10-16(6-5-14(15)9-13)18-8-7-17-11-21(25-2)20(23)12-19(17)22(18)24/h7-8,11-16H,3-6,9-10H2,1-2H3/t13?,14-,15?,16-/m1/s1. The predicted octanol–water partition coefficient (Wildman–Crippen LogP) is 6.45. The van der Waals surface area contributed by atoms with E-state index in [0.29, 0.717) is 10.8 Å². The van der Waals surface area contributed by atoms with Crippen molar-refractivity contribution in [2.45, 2.75) is 51.4 Å². The fraction of sp³-hybridized carbons (Fsp3) is 0.545. The molecule has 0 heterocycles. The largest absolute Gasteiger partial charge is 0.494 e. The van der Waals surface area contributed by atoms with Crippen molar-refractivity contribution in [3.8, 4) is 5.75 Å². The molecule has 0 saturated heterocycles. The van der Waals surface area contributed by atoms with Crippen LogP contribution in [0.3, 0.4) is 0 Å². The Labute approximate surface area is 148 Å². The molecule has 1 nitrogen and oxygen atoms in total. The van der Waals surface area contributed by atoms with E-state index < -0.39 is 5.82 Å². The Morgan fingerprint density at radius 1 is 0.960 bits per heavy atom. The molecule has 0 amide bonds. The van der Waals surface area contributed by atoms with E-state index in [2.05, 4.69) is 6.92 Å². The van der Waals surface area contributed by atoms with E-state index in [9.17, 15) is 4.39 Å². The van der Waals surface area contributed by atoms with Crippen LogP contribution in [0.2, 0.25) is 0 Å². The van der Waals surface area contributed by atoms with Gasteiger partial charge in [0.05, 0.1) is 7.11 Å². The summed E-state index contributed by atoms with van der Waals surface area (Å²) in [6.45, 7) is 2.36. The van der Waals surface area contributed by atoms with Crippen LogP contribution in [-0.2, 0) is 0 Å². The minimum atomic E-state index is -0.504. The summed E-state index contributed by atoms with van der Waals surface area (Å²) < 4.78 is 34.2. The maximum atomic E-state index is 15.1. The Hall–Kier alpha value is -1.64. The summed E-state index contributed by atoms with van der Waals surface area (Å²) in [6, 6.07) is 6.67. The zero-order valence-corrected chi connectivity index (χ0v) is 15.0. The average molecular weight is 344 g/mol. The lowest BCUT2D eigenvalue weighted by Gasteiger charge is -2.41. The highest BCUT2D eigenvalue weighted by atomic mass is 19.1. The molecule has 2 aromatic carbocycles. The number of rotatable bonds is 2. The maximum absolute atomic E-state index is 15.1. The molecule has 0 bridgehead atoms. The van der Waals surface area contributed by atoms with Crippen LogP contribution >= 0.6 is 0 Å².